The maximum absolute atomic E-state index is 13.7. The van der Waals surface area contributed by atoms with Crippen LogP contribution in [0.1, 0.15) is 37.8 Å². The Bertz CT molecular complexity index is 1410. The summed E-state index contributed by atoms with van der Waals surface area (Å²) in [7, 11) is -3.81. The summed E-state index contributed by atoms with van der Waals surface area (Å²) < 4.78 is 28.8. The van der Waals surface area contributed by atoms with Crippen LogP contribution in [0.2, 0.25) is 0 Å². The number of sulfonamides is 1. The third-order valence-electron chi connectivity index (χ3n) is 6.31. The number of oxime groups is 1. The minimum absolute atomic E-state index is 0.0168. The zero-order valence-electron chi connectivity index (χ0n) is 22.1. The van der Waals surface area contributed by atoms with E-state index in [1.54, 1.807) is 74.5 Å². The van der Waals surface area contributed by atoms with Gasteiger partial charge in [-0.25, -0.2) is 13.1 Å². The highest BCUT2D eigenvalue weighted by Gasteiger charge is 2.49. The Labute approximate surface area is 232 Å². The summed E-state index contributed by atoms with van der Waals surface area (Å²) in [6, 6.07) is 15.4. The lowest BCUT2D eigenvalue weighted by molar-refractivity contribution is -0.145. The van der Waals surface area contributed by atoms with E-state index < -0.39 is 51.8 Å². The van der Waals surface area contributed by atoms with E-state index >= 15 is 0 Å². The van der Waals surface area contributed by atoms with Gasteiger partial charge in [-0.1, -0.05) is 79.7 Å². The number of carboxylic acids is 1. The summed E-state index contributed by atoms with van der Waals surface area (Å²) in [6.07, 6.45) is -0.180. The van der Waals surface area contributed by atoms with E-state index in [2.05, 4.69) is 20.2 Å². The van der Waals surface area contributed by atoms with E-state index in [9.17, 15) is 28.2 Å². The molecule has 4 N–H and O–H groups in total. The van der Waals surface area contributed by atoms with Crippen LogP contribution in [0.4, 0.5) is 0 Å². The van der Waals surface area contributed by atoms with Crippen molar-refractivity contribution in [1.82, 2.24) is 10.0 Å². The van der Waals surface area contributed by atoms with Crippen molar-refractivity contribution in [2.24, 2.45) is 11.1 Å². The second-order valence-electron chi connectivity index (χ2n) is 9.88. The topological polar surface area (TPSA) is 183 Å². The van der Waals surface area contributed by atoms with E-state index in [1.165, 1.54) is 0 Å². The standard InChI is InChI=1S/C27H31N5O7S/c1-18(2)25(32-40(37,38)17-20-11-7-4-8-12-20)22-15-27(39-31-22,14-19-9-5-3-6-10-19)26(36)30-21(13-24(34)35)23(33)16-29-28/h3-12,16,18,21,25,32H,13-15,17H2,1-2H3,(H2-,30,33,34,35,36)/p+1/b23-16-/t21-,25-,27?/m0/s1. The van der Waals surface area contributed by atoms with Crippen molar-refractivity contribution in [2.75, 3.05) is 0 Å². The van der Waals surface area contributed by atoms with Gasteiger partial charge in [0.05, 0.1) is 23.9 Å². The van der Waals surface area contributed by atoms with Gasteiger partial charge in [0.25, 0.3) is 5.91 Å². The van der Waals surface area contributed by atoms with Gasteiger partial charge in [-0.2, -0.15) is 0 Å². The molecule has 1 aliphatic rings. The first-order chi connectivity index (χ1) is 18.9. The average Bonchev–Trinajstić information content (AvgIpc) is 3.32. The molecule has 0 fully saturated rings. The summed E-state index contributed by atoms with van der Waals surface area (Å²) in [5, 5.41) is 34.8. The van der Waals surface area contributed by atoms with Crippen LogP contribution < -0.4 is 10.0 Å². The molecule has 40 heavy (non-hydrogen) atoms. The third-order valence-corrected chi connectivity index (χ3v) is 7.64. The van der Waals surface area contributed by atoms with Gasteiger partial charge < -0.3 is 20.4 Å². The van der Waals surface area contributed by atoms with Gasteiger partial charge in [-0.05, 0) is 17.0 Å². The second-order valence-corrected chi connectivity index (χ2v) is 11.6. The Morgan fingerprint density at radius 1 is 1.10 bits per heavy atom. The molecule has 0 bridgehead atoms. The van der Waals surface area contributed by atoms with Gasteiger partial charge in [0.15, 0.2) is 4.98 Å². The fourth-order valence-corrected chi connectivity index (χ4v) is 5.86. The first-order valence-corrected chi connectivity index (χ1v) is 14.2. The molecule has 0 aromatic heterocycles. The van der Waals surface area contributed by atoms with Gasteiger partial charge in [0.1, 0.15) is 6.04 Å². The Hall–Kier alpha value is -4.28. The molecule has 1 amide bonds. The van der Waals surface area contributed by atoms with Crippen molar-refractivity contribution < 1.29 is 33.1 Å². The number of carboxylic acid groups (broad SMARTS) is 1. The summed E-state index contributed by atoms with van der Waals surface area (Å²) in [4.78, 5) is 33.5. The van der Waals surface area contributed by atoms with E-state index in [1.807, 2.05) is 0 Å². The van der Waals surface area contributed by atoms with Crippen molar-refractivity contribution in [1.29, 1.82) is 5.39 Å². The molecule has 0 spiro atoms. The molecule has 13 heteroatoms. The molecule has 1 unspecified atom stereocenters. The van der Waals surface area contributed by atoms with Crippen LogP contribution in [0.5, 0.6) is 0 Å². The fourth-order valence-electron chi connectivity index (χ4n) is 4.35. The van der Waals surface area contributed by atoms with Gasteiger partial charge >= 0.3 is 12.2 Å². The summed E-state index contributed by atoms with van der Waals surface area (Å²) in [6.45, 7) is 3.61. The smallest absolute Gasteiger partial charge is 0.389 e. The van der Waals surface area contributed by atoms with E-state index in [0.29, 0.717) is 17.3 Å². The number of diazo groups is 1. The molecule has 0 saturated heterocycles. The predicted molar refractivity (Wildman–Crippen MR) is 147 cm³/mol. The quantitative estimate of drug-likeness (QED) is 0.209. The first kappa shape index (κ1) is 30.3. The normalized spacial score (nSPS) is 18.8. The number of carbonyl (C=O) groups is 2. The molecule has 2 aromatic carbocycles. The van der Waals surface area contributed by atoms with Gasteiger partial charge in [0.2, 0.25) is 26.8 Å². The van der Waals surface area contributed by atoms with Crippen molar-refractivity contribution in [3.8, 4) is 0 Å². The highest BCUT2D eigenvalue weighted by Crippen LogP contribution is 2.32. The van der Waals surface area contributed by atoms with E-state index in [4.69, 9.17) is 10.2 Å². The average molecular weight is 571 g/mol. The number of nitrogens with zero attached hydrogens (tertiary/aromatic N) is 3. The lowest BCUT2D eigenvalue weighted by Crippen LogP contribution is -2.54. The zero-order chi connectivity index (χ0) is 29.3. The highest BCUT2D eigenvalue weighted by molar-refractivity contribution is 7.88. The van der Waals surface area contributed by atoms with Gasteiger partial charge in [0, 0.05) is 12.8 Å². The monoisotopic (exact) mass is 570 g/mol. The molecule has 1 aliphatic heterocycles. The number of aliphatic carboxylic acids is 1. The minimum Gasteiger partial charge on any atom is -0.504 e. The van der Waals surface area contributed by atoms with Crippen molar-refractivity contribution >= 4 is 27.6 Å². The molecular formula is C27H32N5O7S+. The van der Waals surface area contributed by atoms with Crippen molar-refractivity contribution in [3.05, 3.63) is 88.7 Å². The molecule has 0 radical (unpaired) electrons. The number of aliphatic hydroxyl groups is 1. The molecule has 12 nitrogen and oxygen atoms in total. The summed E-state index contributed by atoms with van der Waals surface area (Å²) in [5.74, 6) is -3.30. The summed E-state index contributed by atoms with van der Waals surface area (Å²) in [5.41, 5.74) is -0.0773. The minimum atomic E-state index is -3.81. The molecular weight excluding hydrogens is 538 g/mol. The van der Waals surface area contributed by atoms with Crippen LogP contribution in [-0.4, -0.2) is 53.9 Å². The van der Waals surface area contributed by atoms with Crippen LogP contribution in [0, 0.1) is 11.3 Å². The predicted octanol–water partition coefficient (Wildman–Crippen LogP) is 3.10. The molecule has 0 aliphatic carbocycles. The Morgan fingerprint density at radius 2 is 1.70 bits per heavy atom. The van der Waals surface area contributed by atoms with Crippen molar-refractivity contribution in [2.45, 2.75) is 56.5 Å². The van der Waals surface area contributed by atoms with Gasteiger partial charge in [-0.15, -0.1) is 0 Å². The molecule has 3 rings (SSSR count). The lowest BCUT2D eigenvalue weighted by Gasteiger charge is -2.28. The first-order valence-electron chi connectivity index (χ1n) is 12.5. The van der Waals surface area contributed by atoms with Crippen LogP contribution in [0.3, 0.4) is 0 Å². The largest absolute Gasteiger partial charge is 0.504 e. The Balaban J connectivity index is 1.89. The number of benzene rings is 2. The van der Waals surface area contributed by atoms with Crippen molar-refractivity contribution in [3.63, 3.8) is 0 Å². The van der Waals surface area contributed by atoms with E-state index in [0.717, 1.165) is 0 Å². The Morgan fingerprint density at radius 3 is 2.25 bits per heavy atom. The number of nitrogens with one attached hydrogen (secondary N) is 2. The summed E-state index contributed by atoms with van der Waals surface area (Å²) >= 11 is 0. The molecule has 3 atom stereocenters. The van der Waals surface area contributed by atoms with Crippen LogP contribution in [-0.2, 0) is 36.6 Å². The second kappa shape index (κ2) is 13.2. The van der Waals surface area contributed by atoms with Crippen LogP contribution in [0.15, 0.2) is 77.8 Å². The number of aliphatic hydroxyl groups excluding tert-OH is 1. The SMILES string of the molecule is CC(C)[C@H](NS(=O)(=O)Cc1ccccc1)C1=NOC(Cc2ccccc2)(C(=O)N[C@@H](CC(=O)O)/C(O)=C/[N+]#N)C1. The zero-order valence-corrected chi connectivity index (χ0v) is 22.9. The lowest BCUT2D eigenvalue weighted by atomic mass is 9.85. The maximum atomic E-state index is 13.7. The molecule has 1 heterocycles. The van der Waals surface area contributed by atoms with E-state index in [-0.39, 0.29) is 30.2 Å². The number of carbonyl (C=O) groups excluding carboxylic acids is 1. The molecule has 212 valence electrons. The van der Waals surface area contributed by atoms with Gasteiger partial charge in [-0.3, -0.25) is 9.59 Å². The number of hydrogen-bond donors (Lipinski definition) is 4. The molecule has 0 saturated carbocycles. The third kappa shape index (κ3) is 8.11. The highest BCUT2D eigenvalue weighted by atomic mass is 32.2. The van der Waals surface area contributed by atoms with Crippen LogP contribution >= 0.6 is 0 Å². The molecule has 2 aromatic rings. The van der Waals surface area contributed by atoms with Crippen LogP contribution in [0.25, 0.3) is 4.98 Å². The Kier molecular flexibility index (Phi) is 9.98. The maximum Gasteiger partial charge on any atom is 0.389 e. The number of rotatable bonds is 13. The fraction of sp³-hybridized carbons (Fsp3) is 0.370. The number of amides is 1. The number of hydrogen-bond acceptors (Lipinski definition) is 8.